The number of carbonyl (C=O) groups excluding carboxylic acids is 1. The molecule has 2 N–H and O–H groups in total. The summed E-state index contributed by atoms with van der Waals surface area (Å²) in [5.74, 6) is -0.808. The number of hydrogen-bond acceptors (Lipinski definition) is 7. The third-order valence-corrected chi connectivity index (χ3v) is 7.71. The van der Waals surface area contributed by atoms with Crippen LogP contribution in [0.4, 0.5) is 4.39 Å². The molecule has 43 heavy (non-hydrogen) atoms. The van der Waals surface area contributed by atoms with Gasteiger partial charge in [0.2, 0.25) is 0 Å². The molecule has 11 heteroatoms. The number of aliphatic hydroxyl groups is 2. The summed E-state index contributed by atoms with van der Waals surface area (Å²) in [6.45, 7) is 0.0187. The highest BCUT2D eigenvalue weighted by atomic mass is 35.5. The van der Waals surface area contributed by atoms with E-state index in [1.165, 1.54) is 11.0 Å². The molecule has 0 saturated heterocycles. The first-order valence-corrected chi connectivity index (χ1v) is 14.0. The number of ether oxygens (including phenoxy) is 1. The number of halogens is 2. The van der Waals surface area contributed by atoms with Crippen LogP contribution in [0, 0.1) is 17.1 Å². The van der Waals surface area contributed by atoms with E-state index in [9.17, 15) is 20.3 Å². The number of nitrogens with zero attached hydrogens (tertiary/aromatic N) is 5. The van der Waals surface area contributed by atoms with Gasteiger partial charge in [-0.15, -0.1) is 0 Å². The Balaban J connectivity index is 1.65. The van der Waals surface area contributed by atoms with Crippen molar-refractivity contribution in [3.8, 4) is 17.2 Å². The van der Waals surface area contributed by atoms with Gasteiger partial charge in [-0.05, 0) is 48.7 Å². The average molecular weight is 602 g/mol. The maximum Gasteiger partial charge on any atom is 0.261 e. The number of aliphatic hydroxyl groups excluding tert-OH is 2. The van der Waals surface area contributed by atoms with Crippen LogP contribution in [0.1, 0.15) is 46.0 Å². The zero-order valence-corrected chi connectivity index (χ0v) is 24.1. The van der Waals surface area contributed by atoms with Gasteiger partial charge in [0, 0.05) is 54.1 Å². The van der Waals surface area contributed by atoms with Crippen molar-refractivity contribution in [2.24, 2.45) is 7.05 Å². The molecule has 9 nitrogen and oxygen atoms in total. The fourth-order valence-electron chi connectivity index (χ4n) is 5.41. The Labute approximate surface area is 253 Å². The molecule has 1 aliphatic heterocycles. The zero-order valence-electron chi connectivity index (χ0n) is 23.3. The SMILES string of the molecule is Cn1ccnc1CCC(O)N1C(=O)c2c(ccc(-c3ccc(Cl)cc3)c2F)[C@@]1(Cc1cccc(C#N)n1)OCCC=CO. The van der Waals surface area contributed by atoms with E-state index >= 15 is 4.39 Å². The van der Waals surface area contributed by atoms with E-state index in [-0.39, 0.29) is 48.3 Å². The van der Waals surface area contributed by atoms with Crippen molar-refractivity contribution in [1.29, 1.82) is 5.26 Å². The number of pyridine rings is 1. The van der Waals surface area contributed by atoms with Crippen molar-refractivity contribution < 1.29 is 24.1 Å². The molecule has 0 bridgehead atoms. The van der Waals surface area contributed by atoms with Crippen LogP contribution in [0.25, 0.3) is 11.1 Å². The molecular formula is C32H29ClFN5O4. The molecule has 3 heterocycles. The molecule has 1 unspecified atom stereocenters. The minimum atomic E-state index is -1.68. The Morgan fingerprint density at radius 1 is 1.21 bits per heavy atom. The standard InChI is InChI=1S/C32H29ClFN5O4/c1-38-16-15-36-27(38)13-14-28(41)39-31(42)29-26(12-11-25(30(29)34)21-7-9-22(33)10-8-21)32(39,43-18-3-2-17-40)19-23-5-4-6-24(20-35)37-23/h2,4-12,15-17,28,40-41H,3,13-14,18-19H2,1H3/t28?,32-/m1/s1. The summed E-state index contributed by atoms with van der Waals surface area (Å²) in [4.78, 5) is 24.1. The first kappa shape index (κ1) is 29.9. The summed E-state index contributed by atoms with van der Waals surface area (Å²) < 4.78 is 24.7. The summed E-state index contributed by atoms with van der Waals surface area (Å²) >= 11 is 6.04. The highest BCUT2D eigenvalue weighted by Crippen LogP contribution is 2.47. The predicted molar refractivity (Wildman–Crippen MR) is 157 cm³/mol. The molecule has 0 fully saturated rings. The number of hydrogen-bond donors (Lipinski definition) is 2. The first-order chi connectivity index (χ1) is 20.8. The van der Waals surface area contributed by atoms with Gasteiger partial charge < -0.3 is 19.5 Å². The number of rotatable bonds is 11. The van der Waals surface area contributed by atoms with E-state index in [0.29, 0.717) is 28.5 Å². The number of aromatic nitrogens is 3. The highest BCUT2D eigenvalue weighted by molar-refractivity contribution is 6.30. The van der Waals surface area contributed by atoms with Gasteiger partial charge in [-0.2, -0.15) is 5.26 Å². The third-order valence-electron chi connectivity index (χ3n) is 7.46. The van der Waals surface area contributed by atoms with Crippen LogP contribution in [-0.2, 0) is 30.4 Å². The minimum Gasteiger partial charge on any atom is -0.516 e. The van der Waals surface area contributed by atoms with Gasteiger partial charge in [-0.3, -0.25) is 9.69 Å². The normalized spacial score (nSPS) is 16.9. The second-order valence-corrected chi connectivity index (χ2v) is 10.6. The monoisotopic (exact) mass is 601 g/mol. The number of imidazole rings is 1. The van der Waals surface area contributed by atoms with Crippen LogP contribution in [-0.4, -0.2) is 48.4 Å². The lowest BCUT2D eigenvalue weighted by Gasteiger charge is -2.41. The fourth-order valence-corrected chi connectivity index (χ4v) is 5.54. The molecule has 2 aromatic heterocycles. The van der Waals surface area contributed by atoms with Gasteiger partial charge in [0.1, 0.15) is 29.6 Å². The number of aryl methyl sites for hydroxylation is 2. The molecular weight excluding hydrogens is 573 g/mol. The van der Waals surface area contributed by atoms with E-state index in [1.54, 1.807) is 67.0 Å². The largest absolute Gasteiger partial charge is 0.516 e. The number of carbonyl (C=O) groups is 1. The van der Waals surface area contributed by atoms with Gasteiger partial charge in [0.15, 0.2) is 5.72 Å². The number of benzene rings is 2. The van der Waals surface area contributed by atoms with E-state index in [4.69, 9.17) is 16.3 Å². The first-order valence-electron chi connectivity index (χ1n) is 13.6. The summed E-state index contributed by atoms with van der Waals surface area (Å²) in [5, 5.41) is 30.8. The molecule has 2 atom stereocenters. The van der Waals surface area contributed by atoms with E-state index in [2.05, 4.69) is 9.97 Å². The predicted octanol–water partition coefficient (Wildman–Crippen LogP) is 5.43. The Morgan fingerprint density at radius 2 is 2.00 bits per heavy atom. The quantitative estimate of drug-likeness (QED) is 0.174. The average Bonchev–Trinajstić information content (AvgIpc) is 3.53. The van der Waals surface area contributed by atoms with Crippen molar-refractivity contribution in [3.05, 3.63) is 119 Å². The Kier molecular flexibility index (Phi) is 8.87. The van der Waals surface area contributed by atoms with Crippen LogP contribution in [0.5, 0.6) is 0 Å². The lowest BCUT2D eigenvalue weighted by atomic mass is 9.92. The Morgan fingerprint density at radius 3 is 2.70 bits per heavy atom. The molecule has 2 aromatic carbocycles. The summed E-state index contributed by atoms with van der Waals surface area (Å²) in [6.07, 6.45) is 5.00. The second-order valence-electron chi connectivity index (χ2n) is 10.1. The second kappa shape index (κ2) is 12.8. The highest BCUT2D eigenvalue weighted by Gasteiger charge is 2.55. The summed E-state index contributed by atoms with van der Waals surface area (Å²) in [6, 6.07) is 16.7. The number of amides is 1. The van der Waals surface area contributed by atoms with Crippen LogP contribution in [0.15, 0.2) is 79.3 Å². The third kappa shape index (κ3) is 5.88. The van der Waals surface area contributed by atoms with Crippen molar-refractivity contribution in [1.82, 2.24) is 19.4 Å². The summed E-state index contributed by atoms with van der Waals surface area (Å²) in [5.41, 5.74) is -0.410. The summed E-state index contributed by atoms with van der Waals surface area (Å²) in [7, 11) is 1.83. The van der Waals surface area contributed by atoms with Crippen molar-refractivity contribution >= 4 is 17.5 Å². The van der Waals surface area contributed by atoms with Gasteiger partial charge in [0.25, 0.3) is 5.91 Å². The Hall–Kier alpha value is -4.56. The van der Waals surface area contributed by atoms with Crippen molar-refractivity contribution in [2.75, 3.05) is 6.61 Å². The van der Waals surface area contributed by atoms with E-state index < -0.39 is 23.7 Å². The maximum absolute atomic E-state index is 16.4. The van der Waals surface area contributed by atoms with Gasteiger partial charge in [-0.25, -0.2) is 14.4 Å². The molecule has 0 spiro atoms. The molecule has 4 aromatic rings. The molecule has 0 radical (unpaired) electrons. The zero-order chi connectivity index (χ0) is 30.6. The number of fused-ring (bicyclic) bond motifs is 1. The van der Waals surface area contributed by atoms with Crippen LogP contribution < -0.4 is 0 Å². The number of nitriles is 1. The van der Waals surface area contributed by atoms with Crippen LogP contribution in [0.2, 0.25) is 5.02 Å². The van der Waals surface area contributed by atoms with Crippen LogP contribution >= 0.6 is 11.6 Å². The smallest absolute Gasteiger partial charge is 0.261 e. The molecule has 0 saturated carbocycles. The lowest BCUT2D eigenvalue weighted by Crippen LogP contribution is -2.53. The van der Waals surface area contributed by atoms with Gasteiger partial charge in [-0.1, -0.05) is 41.9 Å². The molecule has 1 amide bonds. The van der Waals surface area contributed by atoms with Crippen molar-refractivity contribution in [3.63, 3.8) is 0 Å². The maximum atomic E-state index is 16.4. The minimum absolute atomic E-state index is 0.0187. The van der Waals surface area contributed by atoms with E-state index in [0.717, 1.165) is 6.26 Å². The van der Waals surface area contributed by atoms with Gasteiger partial charge in [0.05, 0.1) is 18.4 Å². The molecule has 220 valence electrons. The van der Waals surface area contributed by atoms with Gasteiger partial charge >= 0.3 is 0 Å². The topological polar surface area (TPSA) is 125 Å². The van der Waals surface area contributed by atoms with Crippen LogP contribution in [0.3, 0.4) is 0 Å². The molecule has 5 rings (SSSR count). The van der Waals surface area contributed by atoms with E-state index in [1.807, 2.05) is 17.7 Å². The lowest BCUT2D eigenvalue weighted by molar-refractivity contribution is -0.184. The van der Waals surface area contributed by atoms with Crippen molar-refractivity contribution in [2.45, 2.75) is 37.6 Å². The molecule has 1 aliphatic rings. The fraction of sp³-hybridized carbons (Fsp3) is 0.250. The molecule has 0 aliphatic carbocycles. The Bertz CT molecular complexity index is 1700.